The van der Waals surface area contributed by atoms with Gasteiger partial charge in [-0.25, -0.2) is 4.98 Å². The fourth-order valence-corrected chi connectivity index (χ4v) is 2.12. The Hall–Kier alpha value is -1.35. The quantitative estimate of drug-likeness (QED) is 0.823. The number of imidazole rings is 1. The minimum Gasteiger partial charge on any atom is -0.330 e. The molecule has 0 atom stereocenters. The molecule has 1 aliphatic rings. The van der Waals surface area contributed by atoms with Crippen LogP contribution in [0.1, 0.15) is 24.4 Å². The highest BCUT2D eigenvalue weighted by molar-refractivity contribution is 5.79. The summed E-state index contributed by atoms with van der Waals surface area (Å²) in [4.78, 5) is 4.51. The van der Waals surface area contributed by atoms with Gasteiger partial charge in [-0.05, 0) is 37.4 Å². The van der Waals surface area contributed by atoms with Gasteiger partial charge in [0.1, 0.15) is 0 Å². The maximum absolute atomic E-state index is 5.60. The molecule has 3 heteroatoms. The first kappa shape index (κ1) is 8.92. The van der Waals surface area contributed by atoms with E-state index < -0.39 is 0 Å². The van der Waals surface area contributed by atoms with E-state index >= 15 is 0 Å². The third-order valence-electron chi connectivity index (χ3n) is 3.04. The molecule has 0 radical (unpaired) electrons. The van der Waals surface area contributed by atoms with Gasteiger partial charge in [0.05, 0.1) is 17.4 Å². The van der Waals surface area contributed by atoms with Crippen LogP contribution in [0.4, 0.5) is 0 Å². The molecular formula is C12H15N3. The molecule has 0 bridgehead atoms. The van der Waals surface area contributed by atoms with Gasteiger partial charge in [-0.1, -0.05) is 12.1 Å². The van der Waals surface area contributed by atoms with Crippen LogP contribution in [-0.2, 0) is 6.42 Å². The van der Waals surface area contributed by atoms with Crippen molar-refractivity contribution in [3.8, 4) is 0 Å². The molecule has 1 heterocycles. The number of nitrogens with two attached hydrogens (primary N) is 1. The maximum Gasteiger partial charge on any atom is 0.0961 e. The second-order valence-corrected chi connectivity index (χ2v) is 4.21. The lowest BCUT2D eigenvalue weighted by Gasteiger charge is -2.03. The lowest BCUT2D eigenvalue weighted by atomic mass is 10.1. The number of rotatable bonds is 3. The number of fused-ring (bicyclic) bond motifs is 1. The molecule has 0 unspecified atom stereocenters. The normalized spacial score (nSPS) is 16.1. The van der Waals surface area contributed by atoms with Gasteiger partial charge in [-0.3, -0.25) is 0 Å². The van der Waals surface area contributed by atoms with Crippen LogP contribution in [0.3, 0.4) is 0 Å². The van der Waals surface area contributed by atoms with Gasteiger partial charge in [0.15, 0.2) is 0 Å². The highest BCUT2D eigenvalue weighted by atomic mass is 15.1. The van der Waals surface area contributed by atoms with Crippen molar-refractivity contribution in [2.45, 2.75) is 25.3 Å². The number of hydrogen-bond donors (Lipinski definition) is 1. The first-order valence-corrected chi connectivity index (χ1v) is 5.54. The van der Waals surface area contributed by atoms with Crippen molar-refractivity contribution in [2.24, 2.45) is 5.73 Å². The van der Waals surface area contributed by atoms with Crippen molar-refractivity contribution >= 4 is 11.0 Å². The topological polar surface area (TPSA) is 43.8 Å². The van der Waals surface area contributed by atoms with Crippen LogP contribution in [0, 0.1) is 0 Å². The molecule has 3 rings (SSSR count). The summed E-state index contributed by atoms with van der Waals surface area (Å²) in [7, 11) is 0. The molecular weight excluding hydrogens is 186 g/mol. The summed E-state index contributed by atoms with van der Waals surface area (Å²) in [5.74, 6) is 0. The second-order valence-electron chi connectivity index (χ2n) is 4.21. The Labute approximate surface area is 88.9 Å². The van der Waals surface area contributed by atoms with Gasteiger partial charge in [-0.15, -0.1) is 0 Å². The first-order chi connectivity index (χ1) is 7.40. The average molecular weight is 201 g/mol. The summed E-state index contributed by atoms with van der Waals surface area (Å²) in [5, 5.41) is 0. The molecule has 1 saturated carbocycles. The number of benzene rings is 1. The van der Waals surface area contributed by atoms with Crippen LogP contribution in [-0.4, -0.2) is 16.1 Å². The Morgan fingerprint density at radius 2 is 2.27 bits per heavy atom. The Kier molecular flexibility index (Phi) is 1.99. The molecule has 15 heavy (non-hydrogen) atoms. The summed E-state index contributed by atoms with van der Waals surface area (Å²) in [6.45, 7) is 0.690. The third kappa shape index (κ3) is 1.43. The summed E-state index contributed by atoms with van der Waals surface area (Å²) in [6.07, 6.45) is 5.49. The van der Waals surface area contributed by atoms with Crippen LogP contribution in [0.25, 0.3) is 11.0 Å². The van der Waals surface area contributed by atoms with E-state index in [9.17, 15) is 0 Å². The van der Waals surface area contributed by atoms with E-state index in [2.05, 4.69) is 27.8 Å². The monoisotopic (exact) mass is 201 g/mol. The van der Waals surface area contributed by atoms with Crippen molar-refractivity contribution in [3.05, 3.63) is 30.1 Å². The first-order valence-electron chi connectivity index (χ1n) is 5.54. The number of nitrogens with zero attached hydrogens (tertiary/aromatic N) is 2. The molecule has 3 nitrogen and oxygen atoms in total. The average Bonchev–Trinajstić information content (AvgIpc) is 3.00. The van der Waals surface area contributed by atoms with Crippen LogP contribution in [0.5, 0.6) is 0 Å². The number of hydrogen-bond acceptors (Lipinski definition) is 2. The molecule has 0 saturated heterocycles. The molecule has 0 amide bonds. The predicted octanol–water partition coefficient (Wildman–Crippen LogP) is 1.87. The number of para-hydroxylation sites is 1. The van der Waals surface area contributed by atoms with Crippen LogP contribution in [0.2, 0.25) is 0 Å². The Balaban J connectivity index is 2.14. The Morgan fingerprint density at radius 3 is 3.00 bits per heavy atom. The standard InChI is InChI=1S/C12H15N3/c13-7-6-9-2-1-3-11-12(9)14-8-15(11)10-4-5-10/h1-3,8,10H,4-7,13H2. The molecule has 0 aliphatic heterocycles. The van der Waals surface area contributed by atoms with E-state index in [1.165, 1.54) is 23.9 Å². The SMILES string of the molecule is NCCc1cccc2c1ncn2C1CC1. The molecule has 0 spiro atoms. The third-order valence-corrected chi connectivity index (χ3v) is 3.04. The molecule has 2 aromatic rings. The lowest BCUT2D eigenvalue weighted by molar-refractivity contribution is 0.766. The van der Waals surface area contributed by atoms with E-state index in [4.69, 9.17) is 5.73 Å². The smallest absolute Gasteiger partial charge is 0.0961 e. The van der Waals surface area contributed by atoms with Crippen molar-refractivity contribution in [3.63, 3.8) is 0 Å². The van der Waals surface area contributed by atoms with Crippen molar-refractivity contribution in [1.82, 2.24) is 9.55 Å². The molecule has 1 aromatic carbocycles. The summed E-state index contributed by atoms with van der Waals surface area (Å²) >= 11 is 0. The highest BCUT2D eigenvalue weighted by Crippen LogP contribution is 2.37. The van der Waals surface area contributed by atoms with Crippen molar-refractivity contribution in [2.75, 3.05) is 6.54 Å². The van der Waals surface area contributed by atoms with E-state index in [0.717, 1.165) is 11.9 Å². The van der Waals surface area contributed by atoms with Gasteiger partial charge in [0.25, 0.3) is 0 Å². The summed E-state index contributed by atoms with van der Waals surface area (Å²) in [6, 6.07) is 7.08. The van der Waals surface area contributed by atoms with Gasteiger partial charge < -0.3 is 10.3 Å². The summed E-state index contributed by atoms with van der Waals surface area (Å²) < 4.78 is 2.30. The van der Waals surface area contributed by atoms with Crippen LogP contribution < -0.4 is 5.73 Å². The molecule has 78 valence electrons. The van der Waals surface area contributed by atoms with Gasteiger partial charge in [0.2, 0.25) is 0 Å². The zero-order chi connectivity index (χ0) is 10.3. The molecule has 1 fully saturated rings. The van der Waals surface area contributed by atoms with E-state index in [0.29, 0.717) is 12.6 Å². The fraction of sp³-hybridized carbons (Fsp3) is 0.417. The number of aromatic nitrogens is 2. The van der Waals surface area contributed by atoms with Crippen molar-refractivity contribution in [1.29, 1.82) is 0 Å². The van der Waals surface area contributed by atoms with Crippen LogP contribution in [0.15, 0.2) is 24.5 Å². The molecule has 1 aliphatic carbocycles. The zero-order valence-electron chi connectivity index (χ0n) is 8.69. The largest absolute Gasteiger partial charge is 0.330 e. The highest BCUT2D eigenvalue weighted by Gasteiger charge is 2.25. The zero-order valence-corrected chi connectivity index (χ0v) is 8.69. The van der Waals surface area contributed by atoms with E-state index in [1.54, 1.807) is 0 Å². The molecule has 1 aromatic heterocycles. The Bertz CT molecular complexity index is 483. The van der Waals surface area contributed by atoms with E-state index in [-0.39, 0.29) is 0 Å². The minimum atomic E-state index is 0.690. The predicted molar refractivity (Wildman–Crippen MR) is 60.8 cm³/mol. The maximum atomic E-state index is 5.60. The lowest BCUT2D eigenvalue weighted by Crippen LogP contribution is -2.03. The van der Waals surface area contributed by atoms with Gasteiger partial charge in [-0.2, -0.15) is 0 Å². The second kappa shape index (κ2) is 3.35. The van der Waals surface area contributed by atoms with E-state index in [1.807, 2.05) is 6.33 Å². The van der Waals surface area contributed by atoms with Crippen LogP contribution >= 0.6 is 0 Å². The fourth-order valence-electron chi connectivity index (χ4n) is 2.12. The minimum absolute atomic E-state index is 0.690. The Morgan fingerprint density at radius 1 is 1.40 bits per heavy atom. The van der Waals surface area contributed by atoms with Gasteiger partial charge in [0, 0.05) is 6.04 Å². The molecule has 2 N–H and O–H groups in total. The van der Waals surface area contributed by atoms with Gasteiger partial charge >= 0.3 is 0 Å². The summed E-state index contributed by atoms with van der Waals surface area (Å²) in [5.41, 5.74) is 9.27. The van der Waals surface area contributed by atoms with Crippen molar-refractivity contribution < 1.29 is 0 Å².